The molecule has 0 aromatic heterocycles. The molecule has 2 aromatic carbocycles. The van der Waals surface area contributed by atoms with Crippen molar-refractivity contribution in [3.05, 3.63) is 64.7 Å². The summed E-state index contributed by atoms with van der Waals surface area (Å²) in [6.45, 7) is 3.31. The molecule has 0 spiro atoms. The average Bonchev–Trinajstić information content (AvgIpc) is 3.23. The van der Waals surface area contributed by atoms with Crippen molar-refractivity contribution in [3.63, 3.8) is 0 Å². The van der Waals surface area contributed by atoms with Crippen LogP contribution in [0.4, 0.5) is 14.5 Å². The summed E-state index contributed by atoms with van der Waals surface area (Å²) in [6, 6.07) is 9.99. The Hall–Kier alpha value is -2.47. The Bertz CT molecular complexity index is 875. The van der Waals surface area contributed by atoms with E-state index in [-0.39, 0.29) is 6.04 Å². The van der Waals surface area contributed by atoms with E-state index in [1.807, 2.05) is 0 Å². The number of likely N-dealkylation sites (tertiary alicyclic amines) is 1. The maximum absolute atomic E-state index is 14.0. The molecular formula is C23H27F2N3O. The van der Waals surface area contributed by atoms with E-state index in [0.717, 1.165) is 63.0 Å². The number of carbonyl (C=O) groups is 1. The molecule has 2 aliphatic heterocycles. The normalized spacial score (nSPS) is 17.8. The van der Waals surface area contributed by atoms with Crippen LogP contribution in [0.5, 0.6) is 0 Å². The highest BCUT2D eigenvalue weighted by Gasteiger charge is 2.26. The van der Waals surface area contributed by atoms with Crippen molar-refractivity contribution in [2.24, 2.45) is 0 Å². The SMILES string of the molecule is CN1CCCc2cc([C@H](CNC(=O)c3c(F)cccc3F)N3CCCC3)ccc21. The Morgan fingerprint density at radius 1 is 1.07 bits per heavy atom. The van der Waals surface area contributed by atoms with Crippen LogP contribution < -0.4 is 10.2 Å². The standard InChI is InChI=1S/C23H27F2N3O/c1-27-11-5-6-16-14-17(9-10-20(16)27)21(28-12-2-3-13-28)15-26-23(29)22-18(24)7-4-8-19(22)25/h4,7-10,14,21H,2-3,5-6,11-13,15H2,1H3,(H,26,29)/t21-/m0/s1. The van der Waals surface area contributed by atoms with Gasteiger partial charge in [0.2, 0.25) is 0 Å². The van der Waals surface area contributed by atoms with Crippen LogP contribution in [0.25, 0.3) is 0 Å². The lowest BCUT2D eigenvalue weighted by molar-refractivity contribution is 0.0929. The third-order valence-corrected chi connectivity index (χ3v) is 6.07. The van der Waals surface area contributed by atoms with Crippen LogP contribution in [0.1, 0.15) is 46.8 Å². The number of aryl methyl sites for hydroxylation is 1. The van der Waals surface area contributed by atoms with Gasteiger partial charge in [0.15, 0.2) is 0 Å². The topological polar surface area (TPSA) is 35.6 Å². The summed E-state index contributed by atoms with van der Waals surface area (Å²) < 4.78 is 27.9. The molecular weight excluding hydrogens is 372 g/mol. The molecule has 0 aliphatic carbocycles. The number of hydrogen-bond donors (Lipinski definition) is 1. The summed E-state index contributed by atoms with van der Waals surface area (Å²) in [6.07, 6.45) is 4.43. The minimum absolute atomic E-state index is 0.00572. The number of benzene rings is 2. The maximum atomic E-state index is 14.0. The zero-order chi connectivity index (χ0) is 20.4. The number of halogens is 2. The summed E-state index contributed by atoms with van der Waals surface area (Å²) >= 11 is 0. The molecule has 2 aliphatic rings. The van der Waals surface area contributed by atoms with Crippen LogP contribution in [0.3, 0.4) is 0 Å². The predicted molar refractivity (Wildman–Crippen MR) is 110 cm³/mol. The lowest BCUT2D eigenvalue weighted by Crippen LogP contribution is -2.37. The fourth-order valence-corrected chi connectivity index (χ4v) is 4.52. The number of rotatable bonds is 5. The van der Waals surface area contributed by atoms with Crippen LogP contribution in [-0.2, 0) is 6.42 Å². The molecule has 154 valence electrons. The molecule has 1 N–H and O–H groups in total. The Balaban J connectivity index is 1.56. The second-order valence-electron chi connectivity index (χ2n) is 7.98. The molecule has 4 rings (SSSR count). The average molecular weight is 399 g/mol. The summed E-state index contributed by atoms with van der Waals surface area (Å²) in [7, 11) is 2.11. The van der Waals surface area contributed by atoms with Crippen LogP contribution in [0.15, 0.2) is 36.4 Å². The van der Waals surface area contributed by atoms with E-state index in [0.29, 0.717) is 6.54 Å². The van der Waals surface area contributed by atoms with E-state index in [9.17, 15) is 13.6 Å². The number of amides is 1. The number of nitrogens with zero attached hydrogens (tertiary/aromatic N) is 2. The highest BCUT2D eigenvalue weighted by Crippen LogP contribution is 2.32. The van der Waals surface area contributed by atoms with Gasteiger partial charge in [0.25, 0.3) is 5.91 Å². The Morgan fingerprint density at radius 3 is 2.52 bits per heavy atom. The minimum Gasteiger partial charge on any atom is -0.374 e. The summed E-state index contributed by atoms with van der Waals surface area (Å²) in [4.78, 5) is 17.1. The van der Waals surface area contributed by atoms with Gasteiger partial charge in [-0.15, -0.1) is 0 Å². The van der Waals surface area contributed by atoms with E-state index >= 15 is 0 Å². The molecule has 29 heavy (non-hydrogen) atoms. The summed E-state index contributed by atoms with van der Waals surface area (Å²) in [5, 5.41) is 2.77. The van der Waals surface area contributed by atoms with E-state index in [1.54, 1.807) is 0 Å². The first-order valence-electron chi connectivity index (χ1n) is 10.3. The number of carbonyl (C=O) groups excluding carboxylic acids is 1. The number of fused-ring (bicyclic) bond motifs is 1. The van der Waals surface area contributed by atoms with Crippen molar-refractivity contribution < 1.29 is 13.6 Å². The second-order valence-corrected chi connectivity index (χ2v) is 7.98. The molecule has 0 unspecified atom stereocenters. The fourth-order valence-electron chi connectivity index (χ4n) is 4.52. The van der Waals surface area contributed by atoms with Crippen LogP contribution in [0, 0.1) is 11.6 Å². The smallest absolute Gasteiger partial charge is 0.257 e. The highest BCUT2D eigenvalue weighted by atomic mass is 19.1. The van der Waals surface area contributed by atoms with Crippen LogP contribution in [0.2, 0.25) is 0 Å². The number of anilines is 1. The first kappa shape index (κ1) is 19.8. The first-order valence-corrected chi connectivity index (χ1v) is 10.3. The van der Waals surface area contributed by atoms with Gasteiger partial charge in [0.05, 0.1) is 6.04 Å². The van der Waals surface area contributed by atoms with Crippen molar-refractivity contribution in [2.75, 3.05) is 38.1 Å². The molecule has 0 saturated carbocycles. The quantitative estimate of drug-likeness (QED) is 0.828. The van der Waals surface area contributed by atoms with Gasteiger partial charge in [-0.05, 0) is 68.1 Å². The zero-order valence-corrected chi connectivity index (χ0v) is 16.8. The van der Waals surface area contributed by atoms with E-state index < -0.39 is 23.1 Å². The lowest BCUT2D eigenvalue weighted by atomic mass is 9.96. The monoisotopic (exact) mass is 399 g/mol. The summed E-state index contributed by atoms with van der Waals surface area (Å²) in [5.41, 5.74) is 3.22. The Kier molecular flexibility index (Phi) is 5.81. The van der Waals surface area contributed by atoms with Gasteiger partial charge in [-0.1, -0.05) is 18.2 Å². The molecule has 1 fully saturated rings. The van der Waals surface area contributed by atoms with E-state index in [1.165, 1.54) is 17.3 Å². The van der Waals surface area contributed by atoms with Crippen molar-refractivity contribution in [1.29, 1.82) is 0 Å². The molecule has 0 radical (unpaired) electrons. The lowest BCUT2D eigenvalue weighted by Gasteiger charge is -2.32. The highest BCUT2D eigenvalue weighted by molar-refractivity contribution is 5.94. The van der Waals surface area contributed by atoms with Crippen molar-refractivity contribution in [2.45, 2.75) is 31.7 Å². The largest absolute Gasteiger partial charge is 0.374 e. The van der Waals surface area contributed by atoms with Crippen LogP contribution >= 0.6 is 0 Å². The fraction of sp³-hybridized carbons (Fsp3) is 0.435. The molecule has 2 heterocycles. The molecule has 1 saturated heterocycles. The second kappa shape index (κ2) is 8.49. The minimum atomic E-state index is -0.836. The Labute approximate surface area is 170 Å². The molecule has 1 atom stereocenters. The van der Waals surface area contributed by atoms with Crippen molar-refractivity contribution in [1.82, 2.24) is 10.2 Å². The van der Waals surface area contributed by atoms with Crippen molar-refractivity contribution >= 4 is 11.6 Å². The van der Waals surface area contributed by atoms with Gasteiger partial charge in [-0.25, -0.2) is 8.78 Å². The van der Waals surface area contributed by atoms with Gasteiger partial charge in [-0.2, -0.15) is 0 Å². The molecule has 2 aromatic rings. The molecule has 6 heteroatoms. The predicted octanol–water partition coefficient (Wildman–Crippen LogP) is 3.91. The van der Waals surface area contributed by atoms with Gasteiger partial charge in [-0.3, -0.25) is 9.69 Å². The maximum Gasteiger partial charge on any atom is 0.257 e. The van der Waals surface area contributed by atoms with Crippen molar-refractivity contribution in [3.8, 4) is 0 Å². The van der Waals surface area contributed by atoms with E-state index in [2.05, 4.69) is 40.4 Å². The van der Waals surface area contributed by atoms with Gasteiger partial charge < -0.3 is 10.2 Å². The zero-order valence-electron chi connectivity index (χ0n) is 16.8. The molecule has 0 bridgehead atoms. The third kappa shape index (κ3) is 4.13. The summed E-state index contributed by atoms with van der Waals surface area (Å²) in [5.74, 6) is -2.38. The third-order valence-electron chi connectivity index (χ3n) is 6.07. The van der Waals surface area contributed by atoms with Crippen LogP contribution in [-0.4, -0.2) is 44.0 Å². The van der Waals surface area contributed by atoms with Gasteiger partial charge in [0, 0.05) is 25.8 Å². The first-order chi connectivity index (χ1) is 14.0. The number of hydrogen-bond acceptors (Lipinski definition) is 3. The van der Waals surface area contributed by atoms with Gasteiger partial charge >= 0.3 is 0 Å². The number of nitrogens with one attached hydrogen (secondary N) is 1. The molecule has 1 amide bonds. The van der Waals surface area contributed by atoms with E-state index in [4.69, 9.17) is 0 Å². The molecule has 4 nitrogen and oxygen atoms in total. The Morgan fingerprint density at radius 2 is 1.79 bits per heavy atom. The van der Waals surface area contributed by atoms with Gasteiger partial charge in [0.1, 0.15) is 17.2 Å².